The maximum atomic E-state index is 13.0. The fourth-order valence-corrected chi connectivity index (χ4v) is 2.06. The van der Waals surface area contributed by atoms with Gasteiger partial charge in [-0.1, -0.05) is 0 Å². The van der Waals surface area contributed by atoms with Crippen LogP contribution in [0.2, 0.25) is 0 Å². The van der Waals surface area contributed by atoms with Crippen LogP contribution in [0.25, 0.3) is 0 Å². The number of nitrogens with one attached hydrogen (secondary N) is 1. The molecule has 0 aromatic heterocycles. The SMILES string of the molecule is NC1CC(NC(=O)c2ccc(F)c(Br)c2)C1. The van der Waals surface area contributed by atoms with E-state index in [4.69, 9.17) is 5.73 Å². The predicted octanol–water partition coefficient (Wildman–Crippen LogP) is 1.81. The number of nitrogens with two attached hydrogens (primary N) is 1. The standard InChI is InChI=1S/C11H12BrFN2O/c12-9-3-6(1-2-10(9)13)11(16)15-8-4-7(14)5-8/h1-3,7-8H,4-5,14H2,(H,15,16). The summed E-state index contributed by atoms with van der Waals surface area (Å²) in [6, 6.07) is 4.57. The van der Waals surface area contributed by atoms with E-state index in [1.807, 2.05) is 0 Å². The summed E-state index contributed by atoms with van der Waals surface area (Å²) in [5.74, 6) is -0.556. The molecule has 0 heterocycles. The van der Waals surface area contributed by atoms with Crippen molar-refractivity contribution in [2.45, 2.75) is 24.9 Å². The van der Waals surface area contributed by atoms with E-state index in [9.17, 15) is 9.18 Å². The summed E-state index contributed by atoms with van der Waals surface area (Å²) in [5.41, 5.74) is 6.07. The Morgan fingerprint density at radius 3 is 2.75 bits per heavy atom. The molecule has 16 heavy (non-hydrogen) atoms. The molecule has 5 heteroatoms. The van der Waals surface area contributed by atoms with Crippen LogP contribution in [-0.2, 0) is 0 Å². The Morgan fingerprint density at radius 2 is 2.19 bits per heavy atom. The zero-order chi connectivity index (χ0) is 11.7. The minimum atomic E-state index is -0.373. The quantitative estimate of drug-likeness (QED) is 0.871. The van der Waals surface area contributed by atoms with Crippen molar-refractivity contribution in [2.75, 3.05) is 0 Å². The van der Waals surface area contributed by atoms with Gasteiger partial charge in [-0.3, -0.25) is 4.79 Å². The highest BCUT2D eigenvalue weighted by Crippen LogP contribution is 2.20. The Balaban J connectivity index is 2.01. The molecule has 0 atom stereocenters. The van der Waals surface area contributed by atoms with Gasteiger partial charge in [0.2, 0.25) is 0 Å². The highest BCUT2D eigenvalue weighted by Gasteiger charge is 2.27. The summed E-state index contributed by atoms with van der Waals surface area (Å²) in [4.78, 5) is 11.7. The molecule has 1 amide bonds. The van der Waals surface area contributed by atoms with Crippen molar-refractivity contribution in [3.05, 3.63) is 34.1 Å². The van der Waals surface area contributed by atoms with E-state index in [0.717, 1.165) is 12.8 Å². The van der Waals surface area contributed by atoms with Crippen molar-refractivity contribution >= 4 is 21.8 Å². The average molecular weight is 287 g/mol. The van der Waals surface area contributed by atoms with Gasteiger partial charge in [0.1, 0.15) is 5.82 Å². The zero-order valence-electron chi connectivity index (χ0n) is 8.54. The molecule has 86 valence electrons. The Kier molecular flexibility index (Phi) is 3.25. The van der Waals surface area contributed by atoms with Crippen molar-refractivity contribution in [1.29, 1.82) is 0 Å². The Labute approximate surface area is 101 Å². The minimum absolute atomic E-state index is 0.159. The lowest BCUT2D eigenvalue weighted by Gasteiger charge is -2.32. The van der Waals surface area contributed by atoms with E-state index in [1.165, 1.54) is 18.2 Å². The number of halogens is 2. The lowest BCUT2D eigenvalue weighted by molar-refractivity contribution is 0.0910. The van der Waals surface area contributed by atoms with Gasteiger partial charge in [0.05, 0.1) is 4.47 Å². The van der Waals surface area contributed by atoms with Crippen molar-refractivity contribution in [3.63, 3.8) is 0 Å². The van der Waals surface area contributed by atoms with Crippen LogP contribution in [0.3, 0.4) is 0 Å². The number of rotatable bonds is 2. The summed E-state index contributed by atoms with van der Waals surface area (Å²) in [7, 11) is 0. The fraction of sp³-hybridized carbons (Fsp3) is 0.364. The first kappa shape index (κ1) is 11.5. The van der Waals surface area contributed by atoms with Crippen LogP contribution in [0.1, 0.15) is 23.2 Å². The molecule has 0 saturated heterocycles. The maximum Gasteiger partial charge on any atom is 0.251 e. The molecule has 1 fully saturated rings. The molecule has 1 aliphatic rings. The Bertz CT molecular complexity index is 418. The Hall–Kier alpha value is -0.940. The summed E-state index contributed by atoms with van der Waals surface area (Å²) in [5, 5.41) is 2.85. The third-order valence-electron chi connectivity index (χ3n) is 2.69. The van der Waals surface area contributed by atoms with Crippen molar-refractivity contribution in [1.82, 2.24) is 5.32 Å². The van der Waals surface area contributed by atoms with Crippen LogP contribution >= 0.6 is 15.9 Å². The van der Waals surface area contributed by atoms with Crippen LogP contribution in [0, 0.1) is 5.82 Å². The van der Waals surface area contributed by atoms with Gasteiger partial charge in [-0.05, 0) is 47.0 Å². The summed E-state index contributed by atoms with van der Waals surface area (Å²) in [6.45, 7) is 0. The molecule has 0 radical (unpaired) electrons. The lowest BCUT2D eigenvalue weighted by Crippen LogP contribution is -2.50. The molecular formula is C11H12BrFN2O. The third-order valence-corrected chi connectivity index (χ3v) is 3.30. The normalized spacial score (nSPS) is 23.7. The van der Waals surface area contributed by atoms with Crippen LogP contribution in [-0.4, -0.2) is 18.0 Å². The molecule has 2 rings (SSSR count). The summed E-state index contributed by atoms with van der Waals surface area (Å²) < 4.78 is 13.3. The summed E-state index contributed by atoms with van der Waals surface area (Å²) in [6.07, 6.45) is 1.63. The highest BCUT2D eigenvalue weighted by atomic mass is 79.9. The number of hydrogen-bond acceptors (Lipinski definition) is 2. The number of benzene rings is 1. The Morgan fingerprint density at radius 1 is 1.50 bits per heavy atom. The highest BCUT2D eigenvalue weighted by molar-refractivity contribution is 9.10. The number of carbonyl (C=O) groups excluding carboxylic acids is 1. The van der Waals surface area contributed by atoms with Gasteiger partial charge in [0, 0.05) is 17.6 Å². The smallest absolute Gasteiger partial charge is 0.251 e. The molecular weight excluding hydrogens is 275 g/mol. The van der Waals surface area contributed by atoms with Crippen LogP contribution in [0.15, 0.2) is 22.7 Å². The lowest BCUT2D eigenvalue weighted by atomic mass is 9.87. The van der Waals surface area contributed by atoms with Gasteiger partial charge in [-0.25, -0.2) is 4.39 Å². The minimum Gasteiger partial charge on any atom is -0.349 e. The largest absolute Gasteiger partial charge is 0.349 e. The third kappa shape index (κ3) is 2.41. The zero-order valence-corrected chi connectivity index (χ0v) is 10.1. The van der Waals surface area contributed by atoms with Crippen molar-refractivity contribution in [2.24, 2.45) is 5.73 Å². The van der Waals surface area contributed by atoms with Gasteiger partial charge in [0.25, 0.3) is 5.91 Å². The van der Waals surface area contributed by atoms with Gasteiger partial charge in [-0.2, -0.15) is 0 Å². The predicted molar refractivity (Wildman–Crippen MR) is 62.6 cm³/mol. The average Bonchev–Trinajstić information content (AvgIpc) is 2.19. The fourth-order valence-electron chi connectivity index (χ4n) is 1.69. The molecule has 0 aliphatic heterocycles. The summed E-state index contributed by atoms with van der Waals surface area (Å²) >= 11 is 3.05. The van der Waals surface area contributed by atoms with E-state index in [-0.39, 0.29) is 23.8 Å². The van der Waals surface area contributed by atoms with E-state index >= 15 is 0 Å². The van der Waals surface area contributed by atoms with Crippen molar-refractivity contribution in [3.8, 4) is 0 Å². The van der Waals surface area contributed by atoms with Crippen LogP contribution < -0.4 is 11.1 Å². The van der Waals surface area contributed by atoms with Gasteiger partial charge in [0.15, 0.2) is 0 Å². The number of amides is 1. The van der Waals surface area contributed by atoms with E-state index < -0.39 is 0 Å². The van der Waals surface area contributed by atoms with E-state index in [0.29, 0.717) is 10.0 Å². The van der Waals surface area contributed by atoms with Crippen LogP contribution in [0.4, 0.5) is 4.39 Å². The first-order chi connectivity index (χ1) is 7.56. The first-order valence-electron chi connectivity index (χ1n) is 5.08. The van der Waals surface area contributed by atoms with E-state index in [1.54, 1.807) is 0 Å². The molecule has 1 aromatic carbocycles. The second-order valence-corrected chi connectivity index (χ2v) is 4.89. The molecule has 1 aromatic rings. The maximum absolute atomic E-state index is 13.0. The number of carbonyl (C=O) groups is 1. The van der Waals surface area contributed by atoms with Crippen molar-refractivity contribution < 1.29 is 9.18 Å². The number of hydrogen-bond donors (Lipinski definition) is 2. The second-order valence-electron chi connectivity index (χ2n) is 4.03. The molecule has 0 unspecified atom stereocenters. The monoisotopic (exact) mass is 286 g/mol. The van der Waals surface area contributed by atoms with Gasteiger partial charge < -0.3 is 11.1 Å². The van der Waals surface area contributed by atoms with Gasteiger partial charge in [-0.15, -0.1) is 0 Å². The molecule has 3 nitrogen and oxygen atoms in total. The van der Waals surface area contributed by atoms with E-state index in [2.05, 4.69) is 21.2 Å². The molecule has 3 N–H and O–H groups in total. The topological polar surface area (TPSA) is 55.1 Å². The second kappa shape index (κ2) is 4.51. The molecule has 0 bridgehead atoms. The molecule has 1 aliphatic carbocycles. The van der Waals surface area contributed by atoms with Gasteiger partial charge >= 0.3 is 0 Å². The van der Waals surface area contributed by atoms with Crippen LogP contribution in [0.5, 0.6) is 0 Å². The molecule has 0 spiro atoms. The molecule has 1 saturated carbocycles. The first-order valence-corrected chi connectivity index (χ1v) is 5.87.